The first-order valence-electron chi connectivity index (χ1n) is 11.1. The van der Waals surface area contributed by atoms with Crippen molar-refractivity contribution in [3.8, 4) is 0 Å². The average molecular weight is 437 g/mol. The largest absolute Gasteiger partial charge is 0.352 e. The molecular weight excluding hydrogens is 400 g/mol. The van der Waals surface area contributed by atoms with E-state index in [2.05, 4.69) is 22.2 Å². The number of carbonyl (C=O) groups excluding carboxylic acids is 1. The molecule has 0 radical (unpaired) electrons. The van der Waals surface area contributed by atoms with Crippen molar-refractivity contribution in [3.63, 3.8) is 0 Å². The standard InChI is InChI=1S/C22H36N4O3S/c1-24-14-16-26(17-15-24)13-7-12-23-22(27)19-8-6-11-21(18-19)30(28,29)25(2)20-9-4-3-5-10-20/h6,8,11,18,20H,3-5,7,9-10,12-17H2,1-2H3,(H,23,27). The van der Waals surface area contributed by atoms with Crippen molar-refractivity contribution >= 4 is 15.9 Å². The lowest BCUT2D eigenvalue weighted by molar-refractivity contribution is 0.0949. The number of sulfonamides is 1. The van der Waals surface area contributed by atoms with Crippen molar-refractivity contribution in [2.24, 2.45) is 0 Å². The molecular formula is C22H36N4O3S. The third-order valence-electron chi connectivity index (χ3n) is 6.39. The van der Waals surface area contributed by atoms with Crippen molar-refractivity contribution in [1.82, 2.24) is 19.4 Å². The van der Waals surface area contributed by atoms with Crippen molar-refractivity contribution < 1.29 is 13.2 Å². The second-order valence-corrected chi connectivity index (χ2v) is 10.6. The molecule has 7 nitrogen and oxygen atoms in total. The summed E-state index contributed by atoms with van der Waals surface area (Å²) in [7, 11) is 0.205. The van der Waals surface area contributed by atoms with Gasteiger partial charge < -0.3 is 15.1 Å². The number of likely N-dealkylation sites (N-methyl/N-ethyl adjacent to an activating group) is 1. The van der Waals surface area contributed by atoms with E-state index in [1.165, 1.54) is 16.8 Å². The van der Waals surface area contributed by atoms with Crippen molar-refractivity contribution in [3.05, 3.63) is 29.8 Å². The molecule has 0 unspecified atom stereocenters. The van der Waals surface area contributed by atoms with Crippen LogP contribution in [-0.4, -0.2) is 87.8 Å². The van der Waals surface area contributed by atoms with Gasteiger partial charge in [0.2, 0.25) is 10.0 Å². The van der Waals surface area contributed by atoms with Crippen LogP contribution in [0.4, 0.5) is 0 Å². The van der Waals surface area contributed by atoms with Crippen LogP contribution in [0.25, 0.3) is 0 Å². The number of carbonyl (C=O) groups is 1. The molecule has 1 aliphatic heterocycles. The van der Waals surface area contributed by atoms with Gasteiger partial charge in [-0.05, 0) is 51.1 Å². The molecule has 168 valence electrons. The fraction of sp³-hybridized carbons (Fsp3) is 0.682. The molecule has 1 aromatic carbocycles. The van der Waals surface area contributed by atoms with Crippen molar-refractivity contribution in [2.45, 2.75) is 49.5 Å². The van der Waals surface area contributed by atoms with Gasteiger partial charge in [-0.1, -0.05) is 25.3 Å². The molecule has 1 saturated heterocycles. The SMILES string of the molecule is CN1CCN(CCCNC(=O)c2cccc(S(=O)(=O)N(C)C3CCCCC3)c2)CC1. The van der Waals surface area contributed by atoms with E-state index in [1.54, 1.807) is 25.2 Å². The fourth-order valence-electron chi connectivity index (χ4n) is 4.28. The molecule has 0 atom stereocenters. The molecule has 3 rings (SSSR count). The van der Waals surface area contributed by atoms with Gasteiger partial charge in [0.05, 0.1) is 4.90 Å². The van der Waals surface area contributed by atoms with Gasteiger partial charge >= 0.3 is 0 Å². The van der Waals surface area contributed by atoms with Crippen LogP contribution in [0.2, 0.25) is 0 Å². The highest BCUT2D eigenvalue weighted by Crippen LogP contribution is 2.26. The van der Waals surface area contributed by atoms with Crippen LogP contribution in [0.15, 0.2) is 29.2 Å². The van der Waals surface area contributed by atoms with Crippen molar-refractivity contribution in [2.75, 3.05) is 53.4 Å². The Morgan fingerprint density at radius 2 is 1.83 bits per heavy atom. The quantitative estimate of drug-likeness (QED) is 0.631. The topological polar surface area (TPSA) is 73.0 Å². The second-order valence-electron chi connectivity index (χ2n) is 8.60. The number of benzene rings is 1. The van der Waals surface area contributed by atoms with E-state index in [9.17, 15) is 13.2 Å². The third kappa shape index (κ3) is 6.03. The molecule has 1 amide bonds. The molecule has 0 aromatic heterocycles. The van der Waals surface area contributed by atoms with Gasteiger partial charge in [0, 0.05) is 51.4 Å². The van der Waals surface area contributed by atoms with Gasteiger partial charge in [0.1, 0.15) is 0 Å². The maximum atomic E-state index is 13.1. The van der Waals surface area contributed by atoms with Gasteiger partial charge in [0.15, 0.2) is 0 Å². The zero-order valence-electron chi connectivity index (χ0n) is 18.3. The first-order chi connectivity index (χ1) is 14.4. The molecule has 1 saturated carbocycles. The van der Waals surface area contributed by atoms with Crippen LogP contribution in [0.3, 0.4) is 0 Å². The van der Waals surface area contributed by atoms with Gasteiger partial charge in [-0.2, -0.15) is 4.31 Å². The van der Waals surface area contributed by atoms with E-state index < -0.39 is 10.0 Å². The molecule has 2 fully saturated rings. The monoisotopic (exact) mass is 436 g/mol. The van der Waals surface area contributed by atoms with Crippen molar-refractivity contribution in [1.29, 1.82) is 0 Å². The maximum Gasteiger partial charge on any atom is 0.251 e. The summed E-state index contributed by atoms with van der Waals surface area (Å²) >= 11 is 0. The number of amides is 1. The summed E-state index contributed by atoms with van der Waals surface area (Å²) in [6.07, 6.45) is 6.02. The lowest BCUT2D eigenvalue weighted by atomic mass is 9.96. The number of hydrogen-bond acceptors (Lipinski definition) is 5. The van der Waals surface area contributed by atoms with E-state index in [0.29, 0.717) is 12.1 Å². The van der Waals surface area contributed by atoms with Gasteiger partial charge in [-0.25, -0.2) is 8.42 Å². The number of nitrogens with zero attached hydrogens (tertiary/aromatic N) is 3. The molecule has 1 heterocycles. The second kappa shape index (κ2) is 10.7. The van der Waals surface area contributed by atoms with E-state index >= 15 is 0 Å². The molecule has 8 heteroatoms. The van der Waals surface area contributed by atoms with E-state index in [0.717, 1.165) is 64.8 Å². The average Bonchev–Trinajstić information content (AvgIpc) is 2.78. The predicted molar refractivity (Wildman–Crippen MR) is 119 cm³/mol. The first kappa shape index (κ1) is 23.2. The summed E-state index contributed by atoms with van der Waals surface area (Å²) in [6.45, 7) is 5.86. The summed E-state index contributed by atoms with van der Waals surface area (Å²) in [5, 5.41) is 2.93. The Hall–Kier alpha value is -1.48. The Bertz CT molecular complexity index is 800. The van der Waals surface area contributed by atoms with Gasteiger partial charge in [-0.3, -0.25) is 4.79 Å². The zero-order valence-corrected chi connectivity index (χ0v) is 19.2. The first-order valence-corrected chi connectivity index (χ1v) is 12.6. The maximum absolute atomic E-state index is 13.1. The minimum atomic E-state index is -3.60. The molecule has 1 aromatic rings. The summed E-state index contributed by atoms with van der Waals surface area (Å²) in [4.78, 5) is 17.5. The Labute approximate surface area is 181 Å². The minimum absolute atomic E-state index is 0.0517. The summed E-state index contributed by atoms with van der Waals surface area (Å²) in [5.74, 6) is -0.217. The Balaban J connectivity index is 1.53. The Morgan fingerprint density at radius 1 is 1.13 bits per heavy atom. The van der Waals surface area contributed by atoms with Crippen LogP contribution in [0.5, 0.6) is 0 Å². The fourth-order valence-corrected chi connectivity index (χ4v) is 5.75. The lowest BCUT2D eigenvalue weighted by Crippen LogP contribution is -2.45. The third-order valence-corrected chi connectivity index (χ3v) is 8.30. The van der Waals surface area contributed by atoms with Crippen LogP contribution in [0, 0.1) is 0 Å². The highest BCUT2D eigenvalue weighted by Gasteiger charge is 2.29. The van der Waals surface area contributed by atoms with E-state index in [-0.39, 0.29) is 16.8 Å². The van der Waals surface area contributed by atoms with Crippen LogP contribution in [-0.2, 0) is 10.0 Å². The molecule has 2 aliphatic rings. The van der Waals surface area contributed by atoms with Crippen LogP contribution >= 0.6 is 0 Å². The van der Waals surface area contributed by atoms with Crippen LogP contribution in [0.1, 0.15) is 48.9 Å². The molecule has 0 spiro atoms. The zero-order chi connectivity index (χ0) is 21.6. The summed E-state index contributed by atoms with van der Waals surface area (Å²) < 4.78 is 27.6. The molecule has 1 N–H and O–H groups in total. The molecule has 30 heavy (non-hydrogen) atoms. The van der Waals surface area contributed by atoms with Gasteiger partial charge in [-0.15, -0.1) is 0 Å². The Morgan fingerprint density at radius 3 is 2.53 bits per heavy atom. The highest BCUT2D eigenvalue weighted by molar-refractivity contribution is 7.89. The molecule has 0 bridgehead atoms. The number of nitrogens with one attached hydrogen (secondary N) is 1. The van der Waals surface area contributed by atoms with Crippen LogP contribution < -0.4 is 5.32 Å². The smallest absolute Gasteiger partial charge is 0.251 e. The van der Waals surface area contributed by atoms with Gasteiger partial charge in [0.25, 0.3) is 5.91 Å². The normalized spacial score (nSPS) is 19.8. The lowest BCUT2D eigenvalue weighted by Gasteiger charge is -2.32. The number of hydrogen-bond donors (Lipinski definition) is 1. The Kier molecular flexibility index (Phi) is 8.27. The highest BCUT2D eigenvalue weighted by atomic mass is 32.2. The number of piperazine rings is 1. The summed E-state index contributed by atoms with van der Waals surface area (Å²) in [5.41, 5.74) is 0.396. The minimum Gasteiger partial charge on any atom is -0.352 e. The molecule has 1 aliphatic carbocycles. The summed E-state index contributed by atoms with van der Waals surface area (Å²) in [6, 6.07) is 6.47. The van der Waals surface area contributed by atoms with E-state index in [4.69, 9.17) is 0 Å². The van der Waals surface area contributed by atoms with E-state index in [1.807, 2.05) is 0 Å². The predicted octanol–water partition coefficient (Wildman–Crippen LogP) is 2.01. The number of rotatable bonds is 8.